The highest BCUT2D eigenvalue weighted by Gasteiger charge is 2.13. The summed E-state index contributed by atoms with van der Waals surface area (Å²) in [5.41, 5.74) is 7.78. The number of rotatable bonds is 7. The van der Waals surface area contributed by atoms with E-state index in [1.54, 1.807) is 10.7 Å². The topological polar surface area (TPSA) is 94.3 Å². The van der Waals surface area contributed by atoms with Crippen molar-refractivity contribution >= 4 is 11.6 Å². The first-order valence-electron chi connectivity index (χ1n) is 11.3. The lowest BCUT2D eigenvalue weighted by atomic mass is 9.87. The molecule has 0 radical (unpaired) electrons. The zero-order valence-electron chi connectivity index (χ0n) is 20.3. The van der Waals surface area contributed by atoms with Crippen molar-refractivity contribution in [2.24, 2.45) is 5.10 Å². The van der Waals surface area contributed by atoms with Gasteiger partial charge in [0.2, 0.25) is 0 Å². The first-order valence-corrected chi connectivity index (χ1v) is 11.3. The third kappa shape index (κ3) is 6.17. The minimum absolute atomic E-state index is 0.0974. The number of hydrogen-bond donors (Lipinski definition) is 1. The molecule has 0 aliphatic heterocycles. The van der Waals surface area contributed by atoms with Crippen LogP contribution < -0.4 is 10.2 Å². The van der Waals surface area contributed by atoms with Crippen molar-refractivity contribution in [2.75, 3.05) is 0 Å². The number of benzene rings is 3. The van der Waals surface area contributed by atoms with Gasteiger partial charge in [0.1, 0.15) is 18.7 Å². The molecule has 0 aliphatic rings. The molecule has 3 aromatic carbocycles. The van der Waals surface area contributed by atoms with Crippen molar-refractivity contribution in [3.05, 3.63) is 101 Å². The van der Waals surface area contributed by atoms with E-state index >= 15 is 0 Å². The average Bonchev–Trinajstić information content (AvgIpc) is 3.41. The monoisotopic (exact) mass is 468 g/mol. The van der Waals surface area contributed by atoms with Crippen LogP contribution in [-0.2, 0) is 12.0 Å². The third-order valence-electron chi connectivity index (χ3n) is 5.54. The summed E-state index contributed by atoms with van der Waals surface area (Å²) >= 11 is 0. The Bertz CT molecular complexity index is 1310. The van der Waals surface area contributed by atoms with Gasteiger partial charge in [0.25, 0.3) is 5.91 Å². The minimum atomic E-state index is -0.286. The Hall–Kier alpha value is -4.33. The smallest absolute Gasteiger partial charge is 0.271 e. The van der Waals surface area contributed by atoms with Gasteiger partial charge >= 0.3 is 0 Å². The number of carbonyl (C=O) groups is 1. The molecular formula is C27H28N6O2. The largest absolute Gasteiger partial charge is 0.489 e. The molecule has 0 unspecified atom stereocenters. The van der Waals surface area contributed by atoms with Gasteiger partial charge in [-0.05, 0) is 75.9 Å². The van der Waals surface area contributed by atoms with Gasteiger partial charge in [-0.2, -0.15) is 5.10 Å². The lowest BCUT2D eigenvalue weighted by Gasteiger charge is -2.19. The standard InChI is InChI=1S/C27H28N6O2/c1-19(21-8-12-24(13-9-21)33-18-28-31-32-33)29-30-26(34)22-7-5-6-20(16-22)17-35-25-14-10-23(11-15-25)27(2,3)4/h5-16,18H,17H2,1-4H3,(H,30,34)/b29-19-. The highest BCUT2D eigenvalue weighted by molar-refractivity contribution is 6.01. The Kier molecular flexibility index (Phi) is 7.01. The summed E-state index contributed by atoms with van der Waals surface area (Å²) in [5.74, 6) is 0.505. The van der Waals surface area contributed by atoms with Crippen LogP contribution in [0.3, 0.4) is 0 Å². The molecule has 1 heterocycles. The highest BCUT2D eigenvalue weighted by atomic mass is 16.5. The quantitative estimate of drug-likeness (QED) is 0.314. The van der Waals surface area contributed by atoms with Gasteiger partial charge in [0.15, 0.2) is 0 Å². The molecule has 0 aliphatic carbocycles. The Morgan fingerprint density at radius 2 is 1.74 bits per heavy atom. The molecule has 1 aromatic heterocycles. The van der Waals surface area contributed by atoms with E-state index in [0.29, 0.717) is 17.9 Å². The maximum Gasteiger partial charge on any atom is 0.271 e. The molecular weight excluding hydrogens is 440 g/mol. The number of hydrogen-bond acceptors (Lipinski definition) is 6. The van der Waals surface area contributed by atoms with Gasteiger partial charge in [-0.1, -0.05) is 57.2 Å². The third-order valence-corrected chi connectivity index (χ3v) is 5.54. The van der Waals surface area contributed by atoms with E-state index in [9.17, 15) is 4.79 Å². The second-order valence-corrected chi connectivity index (χ2v) is 9.20. The van der Waals surface area contributed by atoms with Crippen molar-refractivity contribution < 1.29 is 9.53 Å². The SMILES string of the molecule is C/C(=N/NC(=O)c1cccc(COc2ccc(C(C)(C)C)cc2)c1)c1ccc(-n2cnnn2)cc1. The number of nitrogens with zero attached hydrogens (tertiary/aromatic N) is 5. The van der Waals surface area contributed by atoms with Crippen molar-refractivity contribution in [3.63, 3.8) is 0 Å². The Morgan fingerprint density at radius 1 is 1.00 bits per heavy atom. The number of carbonyl (C=O) groups excluding carboxylic acids is 1. The maximum atomic E-state index is 12.7. The van der Waals surface area contributed by atoms with Crippen LogP contribution in [0.25, 0.3) is 5.69 Å². The highest BCUT2D eigenvalue weighted by Crippen LogP contribution is 2.24. The number of aromatic nitrogens is 4. The Morgan fingerprint density at radius 3 is 2.40 bits per heavy atom. The minimum Gasteiger partial charge on any atom is -0.489 e. The van der Waals surface area contributed by atoms with E-state index in [4.69, 9.17) is 4.74 Å². The molecule has 0 bridgehead atoms. The first kappa shape index (κ1) is 23.8. The van der Waals surface area contributed by atoms with E-state index < -0.39 is 0 Å². The van der Waals surface area contributed by atoms with Gasteiger partial charge in [-0.3, -0.25) is 4.79 Å². The average molecular weight is 469 g/mol. The van der Waals surface area contributed by atoms with E-state index in [2.05, 4.69) is 59.0 Å². The molecule has 178 valence electrons. The second kappa shape index (κ2) is 10.3. The lowest BCUT2D eigenvalue weighted by molar-refractivity contribution is 0.0954. The molecule has 1 amide bonds. The molecule has 8 nitrogen and oxygen atoms in total. The van der Waals surface area contributed by atoms with Gasteiger partial charge in [0, 0.05) is 5.56 Å². The molecule has 8 heteroatoms. The predicted molar refractivity (Wildman–Crippen MR) is 135 cm³/mol. The van der Waals surface area contributed by atoms with Crippen molar-refractivity contribution in [1.82, 2.24) is 25.6 Å². The van der Waals surface area contributed by atoms with E-state index in [-0.39, 0.29) is 11.3 Å². The van der Waals surface area contributed by atoms with Crippen LogP contribution in [0.4, 0.5) is 0 Å². The van der Waals surface area contributed by atoms with Gasteiger partial charge < -0.3 is 4.74 Å². The van der Waals surface area contributed by atoms with Gasteiger partial charge in [0.05, 0.1) is 11.4 Å². The lowest BCUT2D eigenvalue weighted by Crippen LogP contribution is -2.19. The fraction of sp³-hybridized carbons (Fsp3) is 0.222. The normalized spacial score (nSPS) is 11.8. The molecule has 0 saturated carbocycles. The fourth-order valence-corrected chi connectivity index (χ4v) is 3.42. The second-order valence-electron chi connectivity index (χ2n) is 9.20. The zero-order valence-corrected chi connectivity index (χ0v) is 20.3. The van der Waals surface area contributed by atoms with E-state index in [0.717, 1.165) is 22.6 Å². The fourth-order valence-electron chi connectivity index (χ4n) is 3.42. The molecule has 4 rings (SSSR count). The zero-order chi connectivity index (χ0) is 24.8. The summed E-state index contributed by atoms with van der Waals surface area (Å²) in [7, 11) is 0. The molecule has 0 atom stereocenters. The van der Waals surface area contributed by atoms with Crippen molar-refractivity contribution in [3.8, 4) is 11.4 Å². The Balaban J connectivity index is 1.35. The van der Waals surface area contributed by atoms with Gasteiger partial charge in [-0.25, -0.2) is 10.1 Å². The van der Waals surface area contributed by atoms with Crippen LogP contribution in [-0.4, -0.2) is 31.8 Å². The number of tetrazole rings is 1. The van der Waals surface area contributed by atoms with Crippen LogP contribution in [0.2, 0.25) is 0 Å². The summed E-state index contributed by atoms with van der Waals surface area (Å²) < 4.78 is 7.48. The van der Waals surface area contributed by atoms with Gasteiger partial charge in [-0.15, -0.1) is 5.10 Å². The van der Waals surface area contributed by atoms with Crippen LogP contribution in [0.1, 0.15) is 54.7 Å². The van der Waals surface area contributed by atoms with Crippen LogP contribution in [0, 0.1) is 0 Å². The van der Waals surface area contributed by atoms with Crippen LogP contribution in [0.5, 0.6) is 5.75 Å². The number of nitrogens with one attached hydrogen (secondary N) is 1. The van der Waals surface area contributed by atoms with Crippen LogP contribution in [0.15, 0.2) is 84.2 Å². The number of ether oxygens (including phenoxy) is 1. The number of hydrazone groups is 1. The van der Waals surface area contributed by atoms with E-state index in [1.165, 1.54) is 11.9 Å². The van der Waals surface area contributed by atoms with Crippen molar-refractivity contribution in [2.45, 2.75) is 39.7 Å². The van der Waals surface area contributed by atoms with E-state index in [1.807, 2.05) is 61.5 Å². The summed E-state index contributed by atoms with van der Waals surface area (Å²) in [6, 6.07) is 23.0. The number of amides is 1. The summed E-state index contributed by atoms with van der Waals surface area (Å²) in [6.45, 7) is 8.74. The van der Waals surface area contributed by atoms with Crippen molar-refractivity contribution in [1.29, 1.82) is 0 Å². The summed E-state index contributed by atoms with van der Waals surface area (Å²) in [4.78, 5) is 12.7. The molecule has 35 heavy (non-hydrogen) atoms. The molecule has 0 spiro atoms. The Labute approximate surface area is 204 Å². The molecule has 0 fully saturated rings. The molecule has 0 saturated heterocycles. The molecule has 4 aromatic rings. The summed E-state index contributed by atoms with van der Waals surface area (Å²) in [6.07, 6.45) is 1.53. The molecule has 1 N–H and O–H groups in total. The van der Waals surface area contributed by atoms with Crippen LogP contribution >= 0.6 is 0 Å². The summed E-state index contributed by atoms with van der Waals surface area (Å²) in [5, 5.41) is 15.4. The maximum absolute atomic E-state index is 12.7. The first-order chi connectivity index (χ1) is 16.8. The predicted octanol–water partition coefficient (Wildman–Crippen LogP) is 4.69.